The van der Waals surface area contributed by atoms with Gasteiger partial charge < -0.3 is 24.4 Å². The zero-order valence-corrected chi connectivity index (χ0v) is 14.4. The number of nitrogens with one attached hydrogen (secondary N) is 1. The maximum atomic E-state index is 11.8. The minimum Gasteiger partial charge on any atom is -0.444 e. The van der Waals surface area contributed by atoms with Gasteiger partial charge in [0.1, 0.15) is 5.60 Å². The van der Waals surface area contributed by atoms with Gasteiger partial charge in [0.05, 0.1) is 11.9 Å². The van der Waals surface area contributed by atoms with Gasteiger partial charge in [-0.15, -0.1) is 0 Å². The standard InChI is InChI=1S/C15H27N5O2/c1-15(2,3)22-14(21)20-9-11(10-20)16-7-12-8-17-13(18(4)5)19(12)6/h8,11,16H,7,9-10H2,1-6H3. The molecule has 1 fully saturated rings. The summed E-state index contributed by atoms with van der Waals surface area (Å²) in [6, 6.07) is 0.310. The van der Waals surface area contributed by atoms with Crippen molar-refractivity contribution in [2.45, 2.75) is 39.0 Å². The fourth-order valence-electron chi connectivity index (χ4n) is 2.35. The van der Waals surface area contributed by atoms with Gasteiger partial charge in [0.15, 0.2) is 0 Å². The van der Waals surface area contributed by atoms with E-state index in [1.54, 1.807) is 4.90 Å². The molecule has 1 aromatic heterocycles. The van der Waals surface area contributed by atoms with Gasteiger partial charge >= 0.3 is 6.09 Å². The number of anilines is 1. The fourth-order valence-corrected chi connectivity index (χ4v) is 2.35. The second-order valence-electron chi connectivity index (χ2n) is 6.97. The second-order valence-corrected chi connectivity index (χ2v) is 6.97. The first kappa shape index (κ1) is 16.6. The summed E-state index contributed by atoms with van der Waals surface area (Å²) in [5, 5.41) is 3.45. The van der Waals surface area contributed by atoms with Gasteiger partial charge in [0.2, 0.25) is 5.95 Å². The molecular weight excluding hydrogens is 282 g/mol. The van der Waals surface area contributed by atoms with Crippen molar-refractivity contribution in [2.75, 3.05) is 32.1 Å². The molecule has 1 N–H and O–H groups in total. The largest absolute Gasteiger partial charge is 0.444 e. The van der Waals surface area contributed by atoms with Crippen LogP contribution in [0.5, 0.6) is 0 Å². The minimum atomic E-state index is -0.438. The highest BCUT2D eigenvalue weighted by molar-refractivity contribution is 5.69. The Hall–Kier alpha value is -1.76. The highest BCUT2D eigenvalue weighted by Crippen LogP contribution is 2.16. The summed E-state index contributed by atoms with van der Waals surface area (Å²) in [7, 11) is 5.96. The zero-order chi connectivity index (χ0) is 16.5. The maximum Gasteiger partial charge on any atom is 0.410 e. The molecule has 7 heteroatoms. The number of ether oxygens (including phenoxy) is 1. The first-order valence-corrected chi connectivity index (χ1v) is 7.56. The Kier molecular flexibility index (Phi) is 4.65. The first-order chi connectivity index (χ1) is 10.2. The lowest BCUT2D eigenvalue weighted by Gasteiger charge is -2.40. The monoisotopic (exact) mass is 309 g/mol. The van der Waals surface area contributed by atoms with E-state index in [1.807, 2.05) is 53.0 Å². The summed E-state index contributed by atoms with van der Waals surface area (Å²) >= 11 is 0. The molecule has 0 atom stereocenters. The highest BCUT2D eigenvalue weighted by Gasteiger charge is 2.33. The smallest absolute Gasteiger partial charge is 0.410 e. The van der Waals surface area contributed by atoms with E-state index in [0.29, 0.717) is 19.1 Å². The summed E-state index contributed by atoms with van der Waals surface area (Å²) in [6.07, 6.45) is 1.65. The van der Waals surface area contributed by atoms with Gasteiger partial charge in [-0.25, -0.2) is 9.78 Å². The maximum absolute atomic E-state index is 11.8. The number of nitrogens with zero attached hydrogens (tertiary/aromatic N) is 4. The molecule has 1 aliphatic heterocycles. The highest BCUT2D eigenvalue weighted by atomic mass is 16.6. The predicted octanol–water partition coefficient (Wildman–Crippen LogP) is 1.19. The van der Waals surface area contributed by atoms with Gasteiger partial charge in [-0.3, -0.25) is 0 Å². The Morgan fingerprint density at radius 3 is 2.59 bits per heavy atom. The van der Waals surface area contributed by atoms with Crippen molar-refractivity contribution in [1.82, 2.24) is 19.8 Å². The molecule has 1 amide bonds. The minimum absolute atomic E-state index is 0.235. The fraction of sp³-hybridized carbons (Fsp3) is 0.733. The summed E-state index contributed by atoms with van der Waals surface area (Å²) in [4.78, 5) is 19.9. The molecule has 0 aromatic carbocycles. The number of hydrogen-bond acceptors (Lipinski definition) is 5. The van der Waals surface area contributed by atoms with Gasteiger partial charge in [0, 0.05) is 46.8 Å². The number of rotatable bonds is 4. The van der Waals surface area contributed by atoms with Crippen LogP contribution in [0.4, 0.5) is 10.7 Å². The Balaban J connectivity index is 1.76. The first-order valence-electron chi connectivity index (χ1n) is 7.56. The van der Waals surface area contributed by atoms with E-state index in [2.05, 4.69) is 14.9 Å². The zero-order valence-electron chi connectivity index (χ0n) is 14.4. The quantitative estimate of drug-likeness (QED) is 0.905. The lowest BCUT2D eigenvalue weighted by atomic mass is 10.1. The van der Waals surface area contributed by atoms with Crippen LogP contribution in [0.1, 0.15) is 26.5 Å². The van der Waals surface area contributed by atoms with E-state index in [9.17, 15) is 4.79 Å². The van der Waals surface area contributed by atoms with E-state index in [-0.39, 0.29) is 6.09 Å². The molecule has 2 heterocycles. The number of amides is 1. The van der Waals surface area contributed by atoms with Crippen molar-refractivity contribution < 1.29 is 9.53 Å². The SMILES string of the molecule is CN(C)c1ncc(CNC2CN(C(=O)OC(C)(C)C)C2)n1C. The van der Waals surface area contributed by atoms with E-state index >= 15 is 0 Å². The normalized spacial score (nSPS) is 15.6. The molecule has 0 unspecified atom stereocenters. The Bertz CT molecular complexity index is 527. The van der Waals surface area contributed by atoms with Crippen LogP contribution in [0.25, 0.3) is 0 Å². The van der Waals surface area contributed by atoms with Crippen molar-refractivity contribution >= 4 is 12.0 Å². The van der Waals surface area contributed by atoms with Crippen LogP contribution in [0.2, 0.25) is 0 Å². The molecule has 124 valence electrons. The summed E-state index contributed by atoms with van der Waals surface area (Å²) in [5.41, 5.74) is 0.687. The Morgan fingerprint density at radius 1 is 1.45 bits per heavy atom. The molecule has 2 rings (SSSR count). The molecule has 0 bridgehead atoms. The topological polar surface area (TPSA) is 62.6 Å². The van der Waals surface area contributed by atoms with Crippen LogP contribution < -0.4 is 10.2 Å². The van der Waals surface area contributed by atoms with Crippen molar-refractivity contribution in [3.8, 4) is 0 Å². The van der Waals surface area contributed by atoms with Crippen molar-refractivity contribution in [3.05, 3.63) is 11.9 Å². The number of aromatic nitrogens is 2. The lowest BCUT2D eigenvalue weighted by Crippen LogP contribution is -2.60. The number of carbonyl (C=O) groups is 1. The molecule has 7 nitrogen and oxygen atoms in total. The van der Waals surface area contributed by atoms with E-state index in [4.69, 9.17) is 4.74 Å². The lowest BCUT2D eigenvalue weighted by molar-refractivity contribution is 0.00514. The van der Waals surface area contributed by atoms with Gasteiger partial charge in [-0.05, 0) is 20.8 Å². The number of imidazole rings is 1. The molecular formula is C15H27N5O2. The number of hydrogen-bond donors (Lipinski definition) is 1. The van der Waals surface area contributed by atoms with E-state index in [1.165, 1.54) is 0 Å². The third-order valence-corrected chi connectivity index (χ3v) is 3.56. The molecule has 1 aliphatic rings. The molecule has 0 radical (unpaired) electrons. The third kappa shape index (κ3) is 3.91. The number of carbonyl (C=O) groups excluding carboxylic acids is 1. The third-order valence-electron chi connectivity index (χ3n) is 3.56. The van der Waals surface area contributed by atoms with E-state index < -0.39 is 5.60 Å². The van der Waals surface area contributed by atoms with Crippen LogP contribution in [0, 0.1) is 0 Å². The van der Waals surface area contributed by atoms with Crippen LogP contribution >= 0.6 is 0 Å². The summed E-state index contributed by atoms with van der Waals surface area (Å²) in [5.74, 6) is 0.931. The molecule has 22 heavy (non-hydrogen) atoms. The molecule has 1 saturated heterocycles. The van der Waals surface area contributed by atoms with Crippen molar-refractivity contribution in [2.24, 2.45) is 7.05 Å². The van der Waals surface area contributed by atoms with E-state index in [0.717, 1.165) is 18.2 Å². The Labute approximate surface area is 132 Å². The van der Waals surface area contributed by atoms with Crippen LogP contribution in [-0.4, -0.2) is 59.4 Å². The van der Waals surface area contributed by atoms with Crippen molar-refractivity contribution in [1.29, 1.82) is 0 Å². The average molecular weight is 309 g/mol. The molecule has 1 aromatic rings. The van der Waals surface area contributed by atoms with Crippen LogP contribution in [0.15, 0.2) is 6.20 Å². The Morgan fingerprint density at radius 2 is 2.09 bits per heavy atom. The van der Waals surface area contributed by atoms with Gasteiger partial charge in [-0.1, -0.05) is 0 Å². The van der Waals surface area contributed by atoms with Gasteiger partial charge in [0.25, 0.3) is 0 Å². The summed E-state index contributed by atoms with van der Waals surface area (Å²) < 4.78 is 7.41. The predicted molar refractivity (Wildman–Crippen MR) is 86.0 cm³/mol. The second kappa shape index (κ2) is 6.16. The molecule has 0 saturated carbocycles. The molecule has 0 spiro atoms. The number of likely N-dealkylation sites (tertiary alicyclic amines) is 1. The van der Waals surface area contributed by atoms with Crippen molar-refractivity contribution in [3.63, 3.8) is 0 Å². The average Bonchev–Trinajstić information content (AvgIpc) is 2.66. The van der Waals surface area contributed by atoms with Gasteiger partial charge in [-0.2, -0.15) is 0 Å². The van der Waals surface area contributed by atoms with Crippen LogP contribution in [-0.2, 0) is 18.3 Å². The molecule has 0 aliphatic carbocycles. The summed E-state index contributed by atoms with van der Waals surface area (Å²) in [6.45, 7) is 7.76. The van der Waals surface area contributed by atoms with Crippen LogP contribution in [0.3, 0.4) is 0 Å².